The number of allylic oxidation sites excluding steroid dienone is 12. The highest BCUT2D eigenvalue weighted by molar-refractivity contribution is 7.45. The monoisotopic (exact) mass is 558 g/mol. The van der Waals surface area contributed by atoms with Crippen LogP contribution in [0, 0.1) is 4.78 Å². The Morgan fingerprint density at radius 3 is 1.90 bits per heavy atom. The highest BCUT2D eigenvalue weighted by atomic mass is 32.1. The molecule has 4 rings (SSSR count). The molecule has 0 heterocycles. The molecule has 0 unspecified atom stereocenters. The maximum atomic E-state index is 6.52. The molecule has 41 heavy (non-hydrogen) atoms. The molecule has 3 heteroatoms. The van der Waals surface area contributed by atoms with Gasteiger partial charge in [0.15, 0.2) is 0 Å². The van der Waals surface area contributed by atoms with Gasteiger partial charge in [-0.3, -0.25) is 0 Å². The third-order valence-electron chi connectivity index (χ3n) is 6.46. The summed E-state index contributed by atoms with van der Waals surface area (Å²) in [6.45, 7) is 7.97. The fraction of sp³-hybridized carbons (Fsp3) is 0.158. The first-order valence-corrected chi connectivity index (χ1v) is 14.6. The Morgan fingerprint density at radius 1 is 0.805 bits per heavy atom. The van der Waals surface area contributed by atoms with Gasteiger partial charge in [-0.15, -0.1) is 0 Å². The molecule has 0 saturated carbocycles. The molecule has 0 bridgehead atoms. The largest absolute Gasteiger partial charge is 0.398 e. The second-order valence-electron chi connectivity index (χ2n) is 9.08. The summed E-state index contributed by atoms with van der Waals surface area (Å²) in [6.07, 6.45) is 21.3. The smallest absolute Gasteiger partial charge is 0.0393 e. The van der Waals surface area contributed by atoms with Crippen molar-refractivity contribution in [3.05, 3.63) is 174 Å². The number of nitrogens with two attached hydrogens (primary N) is 1. The first-order chi connectivity index (χ1) is 20.2. The molecular formula is C38H42N2S. The molecule has 3 aromatic carbocycles. The van der Waals surface area contributed by atoms with Crippen molar-refractivity contribution in [2.24, 2.45) is 5.73 Å². The zero-order valence-corrected chi connectivity index (χ0v) is 25.1. The molecule has 0 aromatic heterocycles. The minimum absolute atomic E-state index is 0.767. The van der Waals surface area contributed by atoms with Gasteiger partial charge in [0, 0.05) is 18.1 Å². The van der Waals surface area contributed by atoms with E-state index in [1.165, 1.54) is 22.3 Å². The standard InChI is InChI=1S/C36H35N.C2H6.HNS/c1-2-16-33(29-17-7-3-8-18-29)27-34(30-19-9-4-10-20-30)25-15-26-35(31-21-11-5-12-22-31)28-36(37)32-23-13-6-14-24-32;2*1-2/h2-7,9-14,16-17,19-24,26-28H,1,8,15,18,25,37H2;1-2H3;1H/b33-16+,34-27+,35-26+,36-28-;;. The van der Waals surface area contributed by atoms with E-state index in [1.807, 2.05) is 56.3 Å². The van der Waals surface area contributed by atoms with Crippen molar-refractivity contribution >= 4 is 29.3 Å². The maximum Gasteiger partial charge on any atom is 0.0393 e. The Balaban J connectivity index is 0.00000141. The van der Waals surface area contributed by atoms with Crippen molar-refractivity contribution in [3.8, 4) is 0 Å². The minimum Gasteiger partial charge on any atom is -0.398 e. The lowest BCUT2D eigenvalue weighted by atomic mass is 9.91. The number of nitrogens with one attached hydrogen (secondary N) is 1. The van der Waals surface area contributed by atoms with Gasteiger partial charge in [-0.25, -0.2) is 4.78 Å². The van der Waals surface area contributed by atoms with E-state index in [1.54, 1.807) is 0 Å². The Kier molecular flexibility index (Phi) is 15.8. The summed E-state index contributed by atoms with van der Waals surface area (Å²) < 4.78 is 5.33. The number of hydrogen-bond donors (Lipinski definition) is 2. The maximum absolute atomic E-state index is 6.52. The molecule has 1 aliphatic rings. The topological polar surface area (TPSA) is 49.9 Å². The molecule has 2 nitrogen and oxygen atoms in total. The van der Waals surface area contributed by atoms with E-state index in [0.717, 1.165) is 48.1 Å². The van der Waals surface area contributed by atoms with Gasteiger partial charge in [0.2, 0.25) is 0 Å². The van der Waals surface area contributed by atoms with Gasteiger partial charge >= 0.3 is 0 Å². The zero-order chi connectivity index (χ0) is 29.7. The van der Waals surface area contributed by atoms with Crippen molar-refractivity contribution in [1.29, 1.82) is 4.78 Å². The summed E-state index contributed by atoms with van der Waals surface area (Å²) in [5.74, 6) is 0. The lowest BCUT2D eigenvalue weighted by molar-refractivity contribution is 0.976. The predicted molar refractivity (Wildman–Crippen MR) is 183 cm³/mol. The van der Waals surface area contributed by atoms with Gasteiger partial charge in [-0.2, -0.15) is 0 Å². The van der Waals surface area contributed by atoms with Crippen LogP contribution in [0.5, 0.6) is 0 Å². The number of hydrogen-bond acceptors (Lipinski definition) is 3. The van der Waals surface area contributed by atoms with Crippen LogP contribution in [-0.2, 0) is 12.4 Å². The van der Waals surface area contributed by atoms with Crippen LogP contribution in [0.1, 0.15) is 56.2 Å². The van der Waals surface area contributed by atoms with Gasteiger partial charge in [-0.05, 0) is 70.7 Å². The molecule has 210 valence electrons. The van der Waals surface area contributed by atoms with E-state index in [2.05, 4.69) is 116 Å². The molecule has 0 aliphatic heterocycles. The summed E-state index contributed by atoms with van der Waals surface area (Å²) in [7, 11) is 0. The molecule has 0 fully saturated rings. The molecule has 0 saturated heterocycles. The second kappa shape index (κ2) is 19.7. The third kappa shape index (κ3) is 11.0. The van der Waals surface area contributed by atoms with E-state index in [0.29, 0.717) is 0 Å². The van der Waals surface area contributed by atoms with E-state index < -0.39 is 0 Å². The Labute approximate surface area is 252 Å². The summed E-state index contributed by atoms with van der Waals surface area (Å²) in [6, 6.07) is 31.3. The average Bonchev–Trinajstić information content (AvgIpc) is 3.06. The van der Waals surface area contributed by atoms with Crippen LogP contribution in [0.2, 0.25) is 0 Å². The Morgan fingerprint density at radius 2 is 1.37 bits per heavy atom. The number of benzene rings is 3. The summed E-state index contributed by atoms with van der Waals surface area (Å²) >= 11 is 3.33. The Hall–Kier alpha value is -4.34. The molecule has 1 aliphatic carbocycles. The van der Waals surface area contributed by atoms with Gasteiger partial charge in [-0.1, -0.05) is 154 Å². The fourth-order valence-corrected chi connectivity index (χ4v) is 4.51. The van der Waals surface area contributed by atoms with Crippen LogP contribution < -0.4 is 5.73 Å². The predicted octanol–water partition coefficient (Wildman–Crippen LogP) is 10.6. The van der Waals surface area contributed by atoms with Crippen LogP contribution in [0.15, 0.2) is 157 Å². The van der Waals surface area contributed by atoms with Crippen molar-refractivity contribution in [3.63, 3.8) is 0 Å². The van der Waals surface area contributed by atoms with Gasteiger partial charge in [0.25, 0.3) is 0 Å². The van der Waals surface area contributed by atoms with E-state index >= 15 is 0 Å². The molecule has 3 N–H and O–H groups in total. The first-order valence-electron chi connectivity index (χ1n) is 14.2. The highest BCUT2D eigenvalue weighted by Crippen LogP contribution is 2.29. The van der Waals surface area contributed by atoms with Crippen LogP contribution in [-0.4, -0.2) is 0 Å². The van der Waals surface area contributed by atoms with E-state index in [-0.39, 0.29) is 0 Å². The third-order valence-corrected chi connectivity index (χ3v) is 6.46. The molecule has 0 amide bonds. The normalized spacial score (nSPS) is 13.7. The van der Waals surface area contributed by atoms with Gasteiger partial charge in [0.1, 0.15) is 0 Å². The molecule has 3 aromatic rings. The van der Waals surface area contributed by atoms with Crippen LogP contribution in [0.3, 0.4) is 0 Å². The van der Waals surface area contributed by atoms with Gasteiger partial charge < -0.3 is 5.73 Å². The van der Waals surface area contributed by atoms with Crippen molar-refractivity contribution in [2.75, 3.05) is 0 Å². The molecule has 0 spiro atoms. The second-order valence-corrected chi connectivity index (χ2v) is 9.08. The van der Waals surface area contributed by atoms with Crippen LogP contribution in [0.4, 0.5) is 0 Å². The summed E-state index contributed by atoms with van der Waals surface area (Å²) in [5, 5.41) is 0. The quantitative estimate of drug-likeness (QED) is 0.243. The van der Waals surface area contributed by atoms with Gasteiger partial charge in [0.05, 0.1) is 0 Å². The minimum atomic E-state index is 0.767. The first kappa shape index (κ1) is 32.9. The van der Waals surface area contributed by atoms with E-state index in [4.69, 9.17) is 10.5 Å². The van der Waals surface area contributed by atoms with Crippen LogP contribution >= 0.6 is 0 Å². The lowest BCUT2D eigenvalue weighted by Gasteiger charge is -2.14. The zero-order valence-electron chi connectivity index (χ0n) is 24.3. The summed E-state index contributed by atoms with van der Waals surface area (Å²) in [4.78, 5) is 0. The number of rotatable bonds is 10. The van der Waals surface area contributed by atoms with Crippen LogP contribution in [0.25, 0.3) is 16.8 Å². The average molecular weight is 559 g/mol. The molecule has 0 radical (unpaired) electrons. The van der Waals surface area contributed by atoms with Crippen molar-refractivity contribution in [1.82, 2.24) is 0 Å². The van der Waals surface area contributed by atoms with Crippen molar-refractivity contribution < 1.29 is 0 Å². The molecule has 0 atom stereocenters. The summed E-state index contributed by atoms with van der Waals surface area (Å²) in [5.41, 5.74) is 15.8. The Bertz CT molecular complexity index is 1380. The lowest BCUT2D eigenvalue weighted by Crippen LogP contribution is -1.97. The fourth-order valence-electron chi connectivity index (χ4n) is 4.51. The SMILES string of the molecule is C=C/C=C(\C=C(/CC/C=C(\C=C(/N)c1ccccc1)c1ccccc1)c1ccccc1)C1=CC=CCC1.CC.N=S. The van der Waals surface area contributed by atoms with E-state index in [9.17, 15) is 0 Å². The highest BCUT2D eigenvalue weighted by Gasteiger charge is 2.08. The van der Waals surface area contributed by atoms with Crippen molar-refractivity contribution in [2.45, 2.75) is 39.5 Å². The molecular weight excluding hydrogens is 516 g/mol.